The Labute approximate surface area is 120 Å². The summed E-state index contributed by atoms with van der Waals surface area (Å²) in [5.74, 6) is -0.299. The highest BCUT2D eigenvalue weighted by Gasteiger charge is 2.17. The van der Waals surface area contributed by atoms with E-state index in [0.717, 1.165) is 12.1 Å². The van der Waals surface area contributed by atoms with Crippen molar-refractivity contribution in [1.82, 2.24) is 10.3 Å². The summed E-state index contributed by atoms with van der Waals surface area (Å²) in [6.45, 7) is 9.17. The Morgan fingerprint density at radius 3 is 2.40 bits per heavy atom. The molecule has 1 heterocycles. The van der Waals surface area contributed by atoms with Gasteiger partial charge in [-0.3, -0.25) is 4.98 Å². The number of hydrogen-bond acceptors (Lipinski definition) is 2. The second-order valence-corrected chi connectivity index (χ2v) is 5.22. The highest BCUT2D eigenvalue weighted by Crippen LogP contribution is 2.27. The Bertz CT molecular complexity index is 608. The average Bonchev–Trinajstić information content (AvgIpc) is 2.40. The van der Waals surface area contributed by atoms with Gasteiger partial charge in [0.2, 0.25) is 0 Å². The fourth-order valence-electron chi connectivity index (χ4n) is 2.49. The third-order valence-electron chi connectivity index (χ3n) is 3.66. The van der Waals surface area contributed by atoms with Crippen molar-refractivity contribution in [2.24, 2.45) is 0 Å². The lowest BCUT2D eigenvalue weighted by molar-refractivity contribution is 0.594. The molecule has 0 aliphatic carbocycles. The second kappa shape index (κ2) is 6.14. The fraction of sp³-hybridized carbons (Fsp3) is 0.353. The van der Waals surface area contributed by atoms with Gasteiger partial charge < -0.3 is 5.32 Å². The summed E-state index contributed by atoms with van der Waals surface area (Å²) < 4.78 is 13.4. The number of hydrogen-bond donors (Lipinski definition) is 1. The number of pyridine rings is 1. The van der Waals surface area contributed by atoms with Crippen LogP contribution in [0.3, 0.4) is 0 Å². The van der Waals surface area contributed by atoms with Crippen LogP contribution in [-0.4, -0.2) is 11.5 Å². The summed E-state index contributed by atoms with van der Waals surface area (Å²) in [7, 11) is 0. The van der Waals surface area contributed by atoms with Gasteiger partial charge in [-0.2, -0.15) is 0 Å². The molecule has 0 aliphatic heterocycles. The van der Waals surface area contributed by atoms with Gasteiger partial charge >= 0.3 is 0 Å². The van der Waals surface area contributed by atoms with Gasteiger partial charge in [0.15, 0.2) is 0 Å². The monoisotopic (exact) mass is 272 g/mol. The zero-order chi connectivity index (χ0) is 14.7. The molecule has 0 amide bonds. The van der Waals surface area contributed by atoms with Crippen molar-refractivity contribution < 1.29 is 4.39 Å². The first kappa shape index (κ1) is 14.7. The van der Waals surface area contributed by atoms with Crippen LogP contribution in [0.1, 0.15) is 40.8 Å². The van der Waals surface area contributed by atoms with Crippen LogP contribution in [0.2, 0.25) is 0 Å². The maximum absolute atomic E-state index is 13.4. The molecule has 3 heteroatoms. The first-order valence-corrected chi connectivity index (χ1v) is 6.94. The molecule has 0 fully saturated rings. The molecule has 2 nitrogen and oxygen atoms in total. The van der Waals surface area contributed by atoms with Gasteiger partial charge in [-0.05, 0) is 61.2 Å². The third-order valence-corrected chi connectivity index (χ3v) is 3.66. The minimum absolute atomic E-state index is 0.0255. The van der Waals surface area contributed by atoms with E-state index in [1.54, 1.807) is 12.3 Å². The Morgan fingerprint density at radius 1 is 1.05 bits per heavy atom. The summed E-state index contributed by atoms with van der Waals surface area (Å²) in [5.41, 5.74) is 5.78. The van der Waals surface area contributed by atoms with E-state index in [1.807, 2.05) is 0 Å². The van der Waals surface area contributed by atoms with Crippen molar-refractivity contribution in [3.63, 3.8) is 0 Å². The van der Waals surface area contributed by atoms with Gasteiger partial charge in [-0.1, -0.05) is 19.1 Å². The van der Waals surface area contributed by atoms with Crippen molar-refractivity contribution in [3.05, 3.63) is 64.2 Å². The molecular formula is C17H21FN2. The normalized spacial score (nSPS) is 12.4. The highest BCUT2D eigenvalue weighted by molar-refractivity contribution is 5.42. The number of nitrogens with zero attached hydrogens (tertiary/aromatic N) is 1. The molecule has 1 unspecified atom stereocenters. The lowest BCUT2D eigenvalue weighted by Crippen LogP contribution is -2.23. The third kappa shape index (κ3) is 3.05. The first-order valence-electron chi connectivity index (χ1n) is 6.94. The number of aromatic nitrogens is 1. The predicted molar refractivity (Wildman–Crippen MR) is 80.4 cm³/mol. The van der Waals surface area contributed by atoms with Crippen molar-refractivity contribution in [2.75, 3.05) is 6.54 Å². The van der Waals surface area contributed by atoms with Crippen LogP contribution in [0.4, 0.5) is 4.39 Å². The molecule has 0 radical (unpaired) electrons. The Hall–Kier alpha value is -1.74. The van der Waals surface area contributed by atoms with Crippen LogP contribution < -0.4 is 5.32 Å². The molecule has 1 aromatic carbocycles. The maximum Gasteiger partial charge on any atom is 0.141 e. The Balaban J connectivity index is 2.51. The van der Waals surface area contributed by atoms with Gasteiger partial charge in [0, 0.05) is 6.20 Å². The Kier molecular flexibility index (Phi) is 4.50. The molecular weight excluding hydrogens is 251 g/mol. The quantitative estimate of drug-likeness (QED) is 0.914. The fourth-order valence-corrected chi connectivity index (χ4v) is 2.49. The van der Waals surface area contributed by atoms with E-state index in [1.165, 1.54) is 28.5 Å². The number of halogens is 1. The second-order valence-electron chi connectivity index (χ2n) is 5.22. The largest absolute Gasteiger partial charge is 0.306 e. The molecule has 0 spiro atoms. The van der Waals surface area contributed by atoms with Gasteiger partial charge in [-0.25, -0.2) is 4.39 Å². The zero-order valence-corrected chi connectivity index (χ0v) is 12.5. The summed E-state index contributed by atoms with van der Waals surface area (Å²) in [5, 5.41) is 3.42. The highest BCUT2D eigenvalue weighted by atomic mass is 19.1. The molecule has 0 saturated heterocycles. The van der Waals surface area contributed by atoms with Crippen molar-refractivity contribution >= 4 is 0 Å². The van der Waals surface area contributed by atoms with Gasteiger partial charge in [0.1, 0.15) is 5.82 Å². The molecule has 0 saturated carbocycles. The van der Waals surface area contributed by atoms with E-state index < -0.39 is 0 Å². The molecule has 20 heavy (non-hydrogen) atoms. The summed E-state index contributed by atoms with van der Waals surface area (Å²) in [4.78, 5) is 3.97. The topological polar surface area (TPSA) is 24.9 Å². The minimum Gasteiger partial charge on any atom is -0.306 e. The van der Waals surface area contributed by atoms with Crippen molar-refractivity contribution in [2.45, 2.75) is 33.7 Å². The van der Waals surface area contributed by atoms with Crippen LogP contribution in [0.25, 0.3) is 0 Å². The molecule has 1 atom stereocenters. The molecule has 0 bridgehead atoms. The number of rotatable bonds is 4. The molecule has 1 aromatic heterocycles. The van der Waals surface area contributed by atoms with Crippen molar-refractivity contribution in [3.8, 4) is 0 Å². The molecule has 1 N–H and O–H groups in total. The van der Waals surface area contributed by atoms with Crippen LogP contribution in [0.15, 0.2) is 30.6 Å². The standard InChI is InChI=1S/C17H21FN2/c1-5-20-17(14-8-15(18)10-19-9-14)16-7-12(3)11(2)6-13(16)4/h6-10,17,20H,5H2,1-4H3. The van der Waals surface area contributed by atoms with E-state index in [4.69, 9.17) is 0 Å². The van der Waals surface area contributed by atoms with Gasteiger partial charge in [-0.15, -0.1) is 0 Å². The van der Waals surface area contributed by atoms with E-state index in [9.17, 15) is 4.39 Å². The number of aryl methyl sites for hydroxylation is 3. The minimum atomic E-state index is -0.299. The number of benzene rings is 1. The predicted octanol–water partition coefficient (Wildman–Crippen LogP) is 3.84. The summed E-state index contributed by atoms with van der Waals surface area (Å²) >= 11 is 0. The molecule has 106 valence electrons. The molecule has 2 aromatic rings. The van der Waals surface area contributed by atoms with E-state index >= 15 is 0 Å². The van der Waals surface area contributed by atoms with Crippen LogP contribution >= 0.6 is 0 Å². The van der Waals surface area contributed by atoms with Gasteiger partial charge in [0.25, 0.3) is 0 Å². The van der Waals surface area contributed by atoms with E-state index in [2.05, 4.69) is 50.1 Å². The molecule has 0 aliphatic rings. The van der Waals surface area contributed by atoms with Crippen LogP contribution in [-0.2, 0) is 0 Å². The SMILES string of the molecule is CCNC(c1cncc(F)c1)c1cc(C)c(C)cc1C. The van der Waals surface area contributed by atoms with E-state index in [-0.39, 0.29) is 11.9 Å². The first-order chi connectivity index (χ1) is 9.52. The van der Waals surface area contributed by atoms with Crippen molar-refractivity contribution in [1.29, 1.82) is 0 Å². The lowest BCUT2D eigenvalue weighted by atomic mass is 9.92. The Morgan fingerprint density at radius 2 is 1.75 bits per heavy atom. The van der Waals surface area contributed by atoms with Crippen LogP contribution in [0, 0.1) is 26.6 Å². The summed E-state index contributed by atoms with van der Waals surface area (Å²) in [6, 6.07) is 5.89. The smallest absolute Gasteiger partial charge is 0.141 e. The lowest BCUT2D eigenvalue weighted by Gasteiger charge is -2.22. The van der Waals surface area contributed by atoms with E-state index in [0.29, 0.717) is 0 Å². The van der Waals surface area contributed by atoms with Crippen LogP contribution in [0.5, 0.6) is 0 Å². The van der Waals surface area contributed by atoms with Gasteiger partial charge in [0.05, 0.1) is 12.2 Å². The summed E-state index contributed by atoms with van der Waals surface area (Å²) in [6.07, 6.45) is 2.96. The average molecular weight is 272 g/mol. The zero-order valence-electron chi connectivity index (χ0n) is 12.5. The number of nitrogens with one attached hydrogen (secondary N) is 1. The maximum atomic E-state index is 13.4. The molecule has 2 rings (SSSR count).